The van der Waals surface area contributed by atoms with Crippen molar-refractivity contribution in [1.29, 1.82) is 0 Å². The van der Waals surface area contributed by atoms with Crippen LogP contribution in [0.5, 0.6) is 0 Å². The smallest absolute Gasteiger partial charge is 0.311 e. The van der Waals surface area contributed by atoms with E-state index in [1.807, 2.05) is 26.0 Å². The monoisotopic (exact) mass is 327 g/mol. The number of hydrogen-bond acceptors (Lipinski definition) is 3. The van der Waals surface area contributed by atoms with Gasteiger partial charge in [-0.1, -0.05) is 6.42 Å². The number of carbonyl (C=O) groups excluding carboxylic acids is 1. The Morgan fingerprint density at radius 1 is 1.25 bits per heavy atom. The molecule has 1 aromatic heterocycles. The van der Waals surface area contributed by atoms with Crippen LogP contribution in [0.25, 0.3) is 11.0 Å². The standard InChI is InChI=1S/C19H21NO4/c1-11-6-13-8-16(24-15(13)7-12(11)2)17(21)20-9-14-4-3-5-19(14,10-20)18(22)23/h6-8,14H,3-5,9-10H2,1-2H3,(H,22,23)/t14-,19+/m0/s1. The van der Waals surface area contributed by atoms with Gasteiger partial charge in [0.25, 0.3) is 5.91 Å². The van der Waals surface area contributed by atoms with Crippen molar-refractivity contribution < 1.29 is 19.1 Å². The van der Waals surface area contributed by atoms with Gasteiger partial charge in [-0.25, -0.2) is 0 Å². The summed E-state index contributed by atoms with van der Waals surface area (Å²) in [6, 6.07) is 5.73. The number of aliphatic carboxylic acids is 1. The molecule has 0 unspecified atom stereocenters. The Labute approximate surface area is 140 Å². The molecule has 0 spiro atoms. The van der Waals surface area contributed by atoms with Crippen LogP contribution in [0.3, 0.4) is 0 Å². The van der Waals surface area contributed by atoms with Crippen LogP contribution in [0.4, 0.5) is 0 Å². The highest BCUT2D eigenvalue weighted by Gasteiger charge is 2.56. The average molecular weight is 327 g/mol. The highest BCUT2D eigenvalue weighted by molar-refractivity contribution is 5.97. The van der Waals surface area contributed by atoms with Gasteiger partial charge in [-0.3, -0.25) is 9.59 Å². The fourth-order valence-corrected chi connectivity index (χ4v) is 4.36. The van der Waals surface area contributed by atoms with Crippen LogP contribution in [0.2, 0.25) is 0 Å². The number of carboxylic acid groups (broad SMARTS) is 1. The largest absolute Gasteiger partial charge is 0.481 e. The van der Waals surface area contributed by atoms with Crippen LogP contribution >= 0.6 is 0 Å². The van der Waals surface area contributed by atoms with Gasteiger partial charge >= 0.3 is 5.97 Å². The summed E-state index contributed by atoms with van der Waals surface area (Å²) < 4.78 is 5.75. The Bertz CT molecular complexity index is 813. The lowest BCUT2D eigenvalue weighted by molar-refractivity contribution is -0.149. The van der Waals surface area contributed by atoms with Crippen molar-refractivity contribution in [3.63, 3.8) is 0 Å². The number of carboxylic acids is 1. The molecule has 1 aliphatic carbocycles. The molecule has 0 bridgehead atoms. The zero-order chi connectivity index (χ0) is 17.1. The predicted octanol–water partition coefficient (Wildman–Crippen LogP) is 3.38. The van der Waals surface area contributed by atoms with Gasteiger partial charge in [-0.05, 0) is 61.9 Å². The molecule has 5 nitrogen and oxygen atoms in total. The summed E-state index contributed by atoms with van der Waals surface area (Å²) in [6.45, 7) is 4.85. The molecule has 2 fully saturated rings. The first-order valence-corrected chi connectivity index (χ1v) is 8.44. The number of rotatable bonds is 2. The Hall–Kier alpha value is -2.30. The second-order valence-electron chi connectivity index (χ2n) is 7.32. The number of hydrogen-bond donors (Lipinski definition) is 1. The molecule has 1 aliphatic heterocycles. The van der Waals surface area contributed by atoms with Crippen molar-refractivity contribution in [1.82, 2.24) is 4.90 Å². The first kappa shape index (κ1) is 15.2. The van der Waals surface area contributed by atoms with Crippen LogP contribution in [-0.4, -0.2) is 35.0 Å². The van der Waals surface area contributed by atoms with E-state index in [1.165, 1.54) is 0 Å². The first-order chi connectivity index (χ1) is 11.4. The zero-order valence-electron chi connectivity index (χ0n) is 14.0. The second-order valence-corrected chi connectivity index (χ2v) is 7.32. The van der Waals surface area contributed by atoms with Gasteiger partial charge in [0.15, 0.2) is 5.76 Å². The fraction of sp³-hybridized carbons (Fsp3) is 0.474. The summed E-state index contributed by atoms with van der Waals surface area (Å²) in [5, 5.41) is 10.6. The molecule has 0 radical (unpaired) electrons. The maximum absolute atomic E-state index is 12.8. The number of nitrogens with zero attached hydrogens (tertiary/aromatic N) is 1. The van der Waals surface area contributed by atoms with E-state index in [2.05, 4.69) is 0 Å². The van der Waals surface area contributed by atoms with E-state index in [-0.39, 0.29) is 11.8 Å². The molecule has 1 amide bonds. The zero-order valence-corrected chi connectivity index (χ0v) is 14.0. The quantitative estimate of drug-likeness (QED) is 0.918. The Morgan fingerprint density at radius 2 is 2.00 bits per heavy atom. The molecule has 2 atom stereocenters. The van der Waals surface area contributed by atoms with Crippen LogP contribution in [0.15, 0.2) is 22.6 Å². The lowest BCUT2D eigenvalue weighted by atomic mass is 9.81. The molecule has 5 heteroatoms. The van der Waals surface area contributed by atoms with Gasteiger partial charge < -0.3 is 14.4 Å². The third-order valence-electron chi connectivity index (χ3n) is 5.93. The summed E-state index contributed by atoms with van der Waals surface area (Å²) in [7, 11) is 0. The van der Waals surface area contributed by atoms with Crippen molar-refractivity contribution in [3.8, 4) is 0 Å². The first-order valence-electron chi connectivity index (χ1n) is 8.44. The number of aryl methyl sites for hydroxylation is 2. The molecule has 1 N–H and O–H groups in total. The Morgan fingerprint density at radius 3 is 2.71 bits per heavy atom. The number of furan rings is 1. The normalized spacial score (nSPS) is 26.1. The molecule has 1 saturated carbocycles. The van der Waals surface area contributed by atoms with Crippen LogP contribution in [0, 0.1) is 25.2 Å². The molecule has 24 heavy (non-hydrogen) atoms. The summed E-state index contributed by atoms with van der Waals surface area (Å²) in [4.78, 5) is 26.2. The molecule has 1 saturated heterocycles. The predicted molar refractivity (Wildman–Crippen MR) is 89.0 cm³/mol. The maximum atomic E-state index is 12.8. The average Bonchev–Trinajstić information content (AvgIpc) is 3.18. The van der Waals surface area contributed by atoms with Gasteiger partial charge in [-0.15, -0.1) is 0 Å². The van der Waals surface area contributed by atoms with E-state index in [0.717, 1.165) is 29.4 Å². The number of likely N-dealkylation sites (tertiary alicyclic amines) is 1. The minimum Gasteiger partial charge on any atom is -0.481 e. The van der Waals surface area contributed by atoms with E-state index < -0.39 is 11.4 Å². The maximum Gasteiger partial charge on any atom is 0.311 e. The topological polar surface area (TPSA) is 70.8 Å². The van der Waals surface area contributed by atoms with E-state index in [4.69, 9.17) is 4.42 Å². The van der Waals surface area contributed by atoms with Crippen LogP contribution < -0.4 is 0 Å². The molecule has 4 rings (SSSR count). The molecule has 2 heterocycles. The van der Waals surface area contributed by atoms with Crippen molar-refractivity contribution in [3.05, 3.63) is 35.1 Å². The molecule has 126 valence electrons. The van der Waals surface area contributed by atoms with Gasteiger partial charge in [0, 0.05) is 18.5 Å². The highest BCUT2D eigenvalue weighted by atomic mass is 16.4. The summed E-state index contributed by atoms with van der Waals surface area (Å²) >= 11 is 0. The minimum atomic E-state index is -0.767. The van der Waals surface area contributed by atoms with Gasteiger partial charge in [0.1, 0.15) is 5.58 Å². The van der Waals surface area contributed by atoms with Crippen molar-refractivity contribution >= 4 is 22.8 Å². The van der Waals surface area contributed by atoms with Crippen LogP contribution in [-0.2, 0) is 4.79 Å². The minimum absolute atomic E-state index is 0.0628. The van der Waals surface area contributed by atoms with Gasteiger partial charge in [-0.2, -0.15) is 0 Å². The number of fused-ring (bicyclic) bond motifs is 2. The van der Waals surface area contributed by atoms with Crippen molar-refractivity contribution in [2.45, 2.75) is 33.1 Å². The summed E-state index contributed by atoms with van der Waals surface area (Å²) in [5.74, 6) is -0.601. The third kappa shape index (κ3) is 2.07. The van der Waals surface area contributed by atoms with E-state index >= 15 is 0 Å². The highest BCUT2D eigenvalue weighted by Crippen LogP contribution is 2.49. The molecule has 1 aromatic carbocycles. The molecular formula is C19H21NO4. The van der Waals surface area contributed by atoms with Crippen molar-refractivity contribution in [2.24, 2.45) is 11.3 Å². The Balaban J connectivity index is 1.64. The second kappa shape index (κ2) is 5.10. The van der Waals surface area contributed by atoms with Crippen LogP contribution in [0.1, 0.15) is 40.9 Å². The molecule has 2 aliphatic rings. The van der Waals surface area contributed by atoms with Gasteiger partial charge in [0.2, 0.25) is 0 Å². The van der Waals surface area contributed by atoms with E-state index in [1.54, 1.807) is 11.0 Å². The number of benzene rings is 1. The Kier molecular flexibility index (Phi) is 3.24. The van der Waals surface area contributed by atoms with E-state index in [9.17, 15) is 14.7 Å². The lowest BCUT2D eigenvalue weighted by Crippen LogP contribution is -2.37. The SMILES string of the molecule is Cc1cc2cc(C(=O)N3C[C@@H]4CCC[C@@]4(C(=O)O)C3)oc2cc1C. The van der Waals surface area contributed by atoms with Gasteiger partial charge in [0.05, 0.1) is 5.41 Å². The summed E-state index contributed by atoms with van der Waals surface area (Å²) in [6.07, 6.45) is 2.48. The molecule has 2 aromatic rings. The molecular weight excluding hydrogens is 306 g/mol. The summed E-state index contributed by atoms with van der Waals surface area (Å²) in [5.41, 5.74) is 2.22. The lowest BCUT2D eigenvalue weighted by Gasteiger charge is -2.22. The number of amides is 1. The van der Waals surface area contributed by atoms with E-state index in [0.29, 0.717) is 30.9 Å². The fourth-order valence-electron chi connectivity index (χ4n) is 4.36. The third-order valence-corrected chi connectivity index (χ3v) is 5.93. The van der Waals surface area contributed by atoms with Crippen molar-refractivity contribution in [2.75, 3.05) is 13.1 Å². The number of carbonyl (C=O) groups is 2.